The summed E-state index contributed by atoms with van der Waals surface area (Å²) in [5.41, 5.74) is 2.21. The Morgan fingerprint density at radius 3 is 2.24 bits per heavy atom. The van der Waals surface area contributed by atoms with Crippen molar-refractivity contribution in [2.75, 3.05) is 5.43 Å². The van der Waals surface area contributed by atoms with Gasteiger partial charge in [0.15, 0.2) is 0 Å². The monoisotopic (exact) mass is 793 g/mol. The number of benzene rings is 3. The van der Waals surface area contributed by atoms with Crippen LogP contribution in [-0.4, -0.2) is 11.1 Å². The van der Waals surface area contributed by atoms with Gasteiger partial charge in [-0.25, -0.2) is 0 Å². The Kier molecular flexibility index (Phi) is 8.76. The number of hydrazone groups is 1. The summed E-state index contributed by atoms with van der Waals surface area (Å²) in [6.45, 7) is 0.412. The lowest BCUT2D eigenvalue weighted by Crippen LogP contribution is -2.06. The molecule has 0 saturated heterocycles. The SMILES string of the molecule is O=[N+]([O-])c1cc(C(F)(F)F)ccc1N/N=C\c1cc(I)c(OCc2ccc(I)cc2)c(I)c1. The van der Waals surface area contributed by atoms with Crippen molar-refractivity contribution in [1.82, 2.24) is 0 Å². The fourth-order valence-corrected chi connectivity index (χ4v) is 5.15. The summed E-state index contributed by atoms with van der Waals surface area (Å²) >= 11 is 6.51. The summed E-state index contributed by atoms with van der Waals surface area (Å²) in [4.78, 5) is 10.3. The molecule has 0 bridgehead atoms. The first-order valence-corrected chi connectivity index (χ1v) is 12.3. The third kappa shape index (κ3) is 7.14. The molecule has 3 aromatic rings. The largest absolute Gasteiger partial charge is 0.487 e. The Labute approximate surface area is 227 Å². The number of alkyl halides is 3. The highest BCUT2D eigenvalue weighted by Crippen LogP contribution is 2.35. The van der Waals surface area contributed by atoms with E-state index in [0.29, 0.717) is 18.2 Å². The van der Waals surface area contributed by atoms with Crippen molar-refractivity contribution in [1.29, 1.82) is 0 Å². The van der Waals surface area contributed by atoms with Crippen LogP contribution < -0.4 is 10.2 Å². The number of halogens is 6. The minimum atomic E-state index is -4.68. The second-order valence-corrected chi connectivity index (χ2v) is 10.2. The van der Waals surface area contributed by atoms with Gasteiger partial charge >= 0.3 is 6.18 Å². The maximum absolute atomic E-state index is 12.8. The zero-order valence-corrected chi connectivity index (χ0v) is 22.8. The van der Waals surface area contributed by atoms with Crippen molar-refractivity contribution in [3.8, 4) is 5.75 Å². The van der Waals surface area contributed by atoms with Gasteiger partial charge in [-0.05, 0) is 115 Å². The second kappa shape index (κ2) is 11.2. The first-order chi connectivity index (χ1) is 15.5. The average molecular weight is 793 g/mol. The van der Waals surface area contributed by atoms with E-state index in [-0.39, 0.29) is 5.69 Å². The van der Waals surface area contributed by atoms with E-state index in [2.05, 4.69) is 78.3 Å². The fraction of sp³-hybridized carbons (Fsp3) is 0.0952. The maximum atomic E-state index is 12.8. The lowest BCUT2D eigenvalue weighted by molar-refractivity contribution is -0.384. The van der Waals surface area contributed by atoms with Crippen molar-refractivity contribution >= 4 is 85.4 Å². The molecule has 0 aliphatic carbocycles. The molecule has 0 atom stereocenters. The smallest absolute Gasteiger partial charge is 0.416 e. The van der Waals surface area contributed by atoms with E-state index < -0.39 is 22.4 Å². The molecule has 12 heteroatoms. The molecule has 33 heavy (non-hydrogen) atoms. The van der Waals surface area contributed by atoms with Crippen LogP contribution in [0.2, 0.25) is 0 Å². The van der Waals surface area contributed by atoms with E-state index in [4.69, 9.17) is 4.74 Å². The molecule has 0 unspecified atom stereocenters. The molecule has 3 rings (SSSR count). The van der Waals surface area contributed by atoms with Gasteiger partial charge in [-0.1, -0.05) is 12.1 Å². The van der Waals surface area contributed by atoms with Crippen LogP contribution in [0, 0.1) is 20.8 Å². The number of nitrogens with one attached hydrogen (secondary N) is 1. The number of nitro groups is 1. The van der Waals surface area contributed by atoms with Crippen LogP contribution in [0.1, 0.15) is 16.7 Å². The second-order valence-electron chi connectivity index (χ2n) is 6.59. The van der Waals surface area contributed by atoms with Crippen molar-refractivity contribution in [3.05, 3.63) is 92.1 Å². The van der Waals surface area contributed by atoms with E-state index in [1.165, 1.54) is 6.21 Å². The molecule has 0 spiro atoms. The van der Waals surface area contributed by atoms with Crippen LogP contribution in [0.15, 0.2) is 59.7 Å². The van der Waals surface area contributed by atoms with Crippen LogP contribution in [0.3, 0.4) is 0 Å². The quantitative estimate of drug-likeness (QED) is 0.117. The van der Waals surface area contributed by atoms with Gasteiger partial charge < -0.3 is 4.74 Å². The zero-order valence-electron chi connectivity index (χ0n) is 16.4. The Morgan fingerprint density at radius 2 is 1.67 bits per heavy atom. The average Bonchev–Trinajstić information content (AvgIpc) is 2.73. The molecule has 0 amide bonds. The molecular weight excluding hydrogens is 780 g/mol. The van der Waals surface area contributed by atoms with E-state index >= 15 is 0 Å². The van der Waals surface area contributed by atoms with Crippen molar-refractivity contribution in [2.24, 2.45) is 5.10 Å². The van der Waals surface area contributed by atoms with Crippen LogP contribution in [-0.2, 0) is 12.8 Å². The summed E-state index contributed by atoms with van der Waals surface area (Å²) in [7, 11) is 0. The van der Waals surface area contributed by atoms with Crippen LogP contribution in [0.4, 0.5) is 24.5 Å². The number of anilines is 1. The highest BCUT2D eigenvalue weighted by atomic mass is 127. The number of ether oxygens (including phenoxy) is 1. The summed E-state index contributed by atoms with van der Waals surface area (Å²) in [5, 5.41) is 15.1. The topological polar surface area (TPSA) is 76.8 Å². The molecule has 0 aliphatic heterocycles. The number of nitrogens with zero attached hydrogens (tertiary/aromatic N) is 2. The van der Waals surface area contributed by atoms with Gasteiger partial charge in [0.25, 0.3) is 5.69 Å². The summed E-state index contributed by atoms with van der Waals surface area (Å²) in [6.07, 6.45) is -3.25. The molecular formula is C21H13F3I3N3O3. The Bertz CT molecular complexity index is 1180. The predicted octanol–water partition coefficient (Wildman–Crippen LogP) is 7.45. The van der Waals surface area contributed by atoms with Crippen molar-refractivity contribution < 1.29 is 22.8 Å². The lowest BCUT2D eigenvalue weighted by Gasteiger charge is -2.11. The molecule has 6 nitrogen and oxygen atoms in total. The van der Waals surface area contributed by atoms with Gasteiger partial charge in [-0.3, -0.25) is 15.5 Å². The summed E-state index contributed by atoms with van der Waals surface area (Å²) < 4.78 is 47.3. The van der Waals surface area contributed by atoms with E-state index in [1.807, 2.05) is 36.4 Å². The molecule has 172 valence electrons. The molecule has 1 N–H and O–H groups in total. The molecule has 0 aromatic heterocycles. The van der Waals surface area contributed by atoms with Gasteiger partial charge in [-0.15, -0.1) is 0 Å². The van der Waals surface area contributed by atoms with Crippen LogP contribution >= 0.6 is 67.8 Å². The Morgan fingerprint density at radius 1 is 1.03 bits per heavy atom. The van der Waals surface area contributed by atoms with Crippen LogP contribution in [0.25, 0.3) is 0 Å². The maximum Gasteiger partial charge on any atom is 0.416 e. The first-order valence-electron chi connectivity index (χ1n) is 9.05. The minimum absolute atomic E-state index is 0.147. The number of nitro benzene ring substituents is 1. The number of hydrogen-bond donors (Lipinski definition) is 1. The van der Waals surface area contributed by atoms with Gasteiger partial charge in [0.05, 0.1) is 23.8 Å². The van der Waals surface area contributed by atoms with Gasteiger partial charge in [0.1, 0.15) is 18.0 Å². The molecule has 0 fully saturated rings. The third-order valence-electron chi connectivity index (χ3n) is 4.24. The molecule has 0 radical (unpaired) electrons. The normalized spacial score (nSPS) is 11.6. The highest BCUT2D eigenvalue weighted by Gasteiger charge is 2.33. The van der Waals surface area contributed by atoms with Gasteiger partial charge in [-0.2, -0.15) is 18.3 Å². The van der Waals surface area contributed by atoms with Gasteiger partial charge in [0, 0.05) is 9.64 Å². The highest BCUT2D eigenvalue weighted by molar-refractivity contribution is 14.1. The van der Waals surface area contributed by atoms with Crippen LogP contribution in [0.5, 0.6) is 5.75 Å². The summed E-state index contributed by atoms with van der Waals surface area (Å²) in [5.74, 6) is 0.721. The van der Waals surface area contributed by atoms with Gasteiger partial charge in [0.2, 0.25) is 0 Å². The molecule has 0 aliphatic rings. The lowest BCUT2D eigenvalue weighted by atomic mass is 10.1. The third-order valence-corrected chi connectivity index (χ3v) is 6.56. The predicted molar refractivity (Wildman–Crippen MR) is 145 cm³/mol. The Balaban J connectivity index is 1.73. The summed E-state index contributed by atoms with van der Waals surface area (Å²) in [6, 6.07) is 13.8. The molecule has 0 saturated carbocycles. The van der Waals surface area contributed by atoms with Crippen molar-refractivity contribution in [2.45, 2.75) is 12.8 Å². The minimum Gasteiger partial charge on any atom is -0.487 e. The number of rotatable bonds is 7. The van der Waals surface area contributed by atoms with E-state index in [0.717, 1.165) is 34.2 Å². The standard InChI is InChI=1S/C21H13F3I3N3O3/c22-21(23,24)14-3-6-18(19(9-14)30(31)32)29-28-10-13-7-16(26)20(17(27)8-13)33-11-12-1-4-15(25)5-2-12/h1-10,29H,11H2/b28-10-. The Hall–Kier alpha value is -1.69. The number of hydrogen-bond acceptors (Lipinski definition) is 5. The zero-order chi connectivity index (χ0) is 24.2. The van der Waals surface area contributed by atoms with E-state index in [1.54, 1.807) is 0 Å². The fourth-order valence-electron chi connectivity index (χ4n) is 2.66. The molecule has 0 heterocycles. The van der Waals surface area contributed by atoms with Crippen molar-refractivity contribution in [3.63, 3.8) is 0 Å². The van der Waals surface area contributed by atoms with E-state index in [9.17, 15) is 23.3 Å². The first kappa shape index (κ1) is 25.9. The molecule has 3 aromatic carbocycles.